The lowest BCUT2D eigenvalue weighted by molar-refractivity contribution is -0.134. The number of nitrogens with zero attached hydrogens (tertiary/aromatic N) is 3. The zero-order valence-electron chi connectivity index (χ0n) is 29.6. The van der Waals surface area contributed by atoms with E-state index >= 15 is 0 Å². The molecule has 0 atom stereocenters. The van der Waals surface area contributed by atoms with Crippen molar-refractivity contribution < 1.29 is 19.1 Å². The summed E-state index contributed by atoms with van der Waals surface area (Å²) in [5, 5.41) is 15.0. The van der Waals surface area contributed by atoms with E-state index in [9.17, 15) is 14.4 Å². The summed E-state index contributed by atoms with van der Waals surface area (Å²) >= 11 is 1.61. The van der Waals surface area contributed by atoms with Gasteiger partial charge >= 0.3 is 6.03 Å². The van der Waals surface area contributed by atoms with Crippen LogP contribution >= 0.6 is 11.3 Å². The second kappa shape index (κ2) is 13.6. The van der Waals surface area contributed by atoms with Crippen LogP contribution in [0.1, 0.15) is 85.3 Å². The highest BCUT2D eigenvalue weighted by Gasteiger charge is 2.32. The Labute approximate surface area is 297 Å². The van der Waals surface area contributed by atoms with E-state index in [1.807, 2.05) is 54.3 Å². The largest absolute Gasteiger partial charge is 0.483 e. The Balaban J connectivity index is 1.00. The van der Waals surface area contributed by atoms with Gasteiger partial charge < -0.3 is 20.3 Å². The maximum absolute atomic E-state index is 13.4. The van der Waals surface area contributed by atoms with Gasteiger partial charge in [0.1, 0.15) is 11.6 Å². The van der Waals surface area contributed by atoms with Crippen molar-refractivity contribution in [1.82, 2.24) is 14.7 Å². The smallest absolute Gasteiger partial charge is 0.324 e. The van der Waals surface area contributed by atoms with Crippen molar-refractivity contribution in [2.45, 2.75) is 91.5 Å². The molecule has 2 aromatic heterocycles. The predicted molar refractivity (Wildman–Crippen MR) is 198 cm³/mol. The number of hydrogen-bond acceptors (Lipinski definition) is 6. The number of aromatic nitrogens is 2. The Bertz CT molecular complexity index is 1950. The van der Waals surface area contributed by atoms with Crippen molar-refractivity contribution in [1.29, 1.82) is 0 Å². The van der Waals surface area contributed by atoms with Crippen LogP contribution in [0.25, 0.3) is 5.69 Å². The fourth-order valence-corrected chi connectivity index (χ4v) is 8.22. The number of thiophene rings is 1. The van der Waals surface area contributed by atoms with Crippen LogP contribution in [0, 0.1) is 12.8 Å². The fraction of sp³-hybridized carbons (Fsp3) is 0.436. The lowest BCUT2D eigenvalue weighted by atomic mass is 9.92. The van der Waals surface area contributed by atoms with Gasteiger partial charge in [0.05, 0.1) is 22.9 Å². The summed E-state index contributed by atoms with van der Waals surface area (Å²) in [7, 11) is 0. The lowest BCUT2D eigenvalue weighted by Gasteiger charge is -2.27. The van der Waals surface area contributed by atoms with Crippen LogP contribution < -0.4 is 20.7 Å². The Morgan fingerprint density at radius 2 is 1.72 bits per heavy atom. The fourth-order valence-electron chi connectivity index (χ4n) is 6.86. The SMILES string of the molecule is CCc1c(NC(=O)C2CC2)sc2c1CCN(C(=O)COc1ccc(NC(=O)Nc3cc(C(C)(C)C)nn3-c3ccc(C)cc3)c3c1CCC3)C2. The molecular formula is C39H46N6O4S. The molecule has 4 amide bonds. The number of rotatable bonds is 9. The first kappa shape index (κ1) is 33.8. The monoisotopic (exact) mass is 694 g/mol. The number of urea groups is 1. The summed E-state index contributed by atoms with van der Waals surface area (Å²) in [5.41, 5.74) is 8.01. The molecule has 2 aliphatic carbocycles. The quantitative estimate of drug-likeness (QED) is 0.167. The molecule has 0 spiro atoms. The minimum atomic E-state index is -0.351. The molecule has 1 aliphatic heterocycles. The first-order valence-electron chi connectivity index (χ1n) is 17.7. The molecule has 10 nitrogen and oxygen atoms in total. The molecule has 4 aromatic rings. The van der Waals surface area contributed by atoms with Gasteiger partial charge in [0.15, 0.2) is 6.61 Å². The number of anilines is 3. The summed E-state index contributed by atoms with van der Waals surface area (Å²) < 4.78 is 7.94. The molecule has 0 unspecified atom stereocenters. The molecule has 3 aliphatic rings. The molecule has 3 heterocycles. The minimum absolute atomic E-state index is 0.0502. The molecule has 0 saturated heterocycles. The van der Waals surface area contributed by atoms with Gasteiger partial charge in [0.2, 0.25) is 5.91 Å². The zero-order valence-corrected chi connectivity index (χ0v) is 30.4. The minimum Gasteiger partial charge on any atom is -0.483 e. The van der Waals surface area contributed by atoms with Crippen LogP contribution in [0.3, 0.4) is 0 Å². The van der Waals surface area contributed by atoms with Gasteiger partial charge in [-0.2, -0.15) is 5.10 Å². The summed E-state index contributed by atoms with van der Waals surface area (Å²) in [4.78, 5) is 42.3. The molecule has 2 aromatic carbocycles. The van der Waals surface area contributed by atoms with Crippen molar-refractivity contribution in [3.8, 4) is 11.4 Å². The Morgan fingerprint density at radius 1 is 0.960 bits per heavy atom. The summed E-state index contributed by atoms with van der Waals surface area (Å²) in [6.07, 6.45) is 6.17. The van der Waals surface area contributed by atoms with Crippen LogP contribution in [0.5, 0.6) is 5.75 Å². The van der Waals surface area contributed by atoms with E-state index in [-0.39, 0.29) is 35.8 Å². The van der Waals surface area contributed by atoms with Crippen molar-refractivity contribution >= 4 is 45.7 Å². The summed E-state index contributed by atoms with van der Waals surface area (Å²) in [6.45, 7) is 11.6. The molecule has 1 fully saturated rings. The van der Waals surface area contributed by atoms with Crippen LogP contribution in [0.2, 0.25) is 0 Å². The van der Waals surface area contributed by atoms with Crippen molar-refractivity contribution in [3.05, 3.63) is 80.9 Å². The molecule has 50 heavy (non-hydrogen) atoms. The number of fused-ring (bicyclic) bond motifs is 2. The second-order valence-corrected chi connectivity index (χ2v) is 15.8. The molecule has 3 N–H and O–H groups in total. The number of carbonyl (C=O) groups is 3. The Morgan fingerprint density at radius 3 is 2.44 bits per heavy atom. The molecule has 11 heteroatoms. The maximum Gasteiger partial charge on any atom is 0.324 e. The van der Waals surface area contributed by atoms with E-state index in [1.165, 1.54) is 11.1 Å². The predicted octanol–water partition coefficient (Wildman–Crippen LogP) is 7.55. The number of benzene rings is 2. The van der Waals surface area contributed by atoms with Crippen molar-refractivity contribution in [2.24, 2.45) is 5.92 Å². The van der Waals surface area contributed by atoms with Gasteiger partial charge in [0.25, 0.3) is 5.91 Å². The van der Waals surface area contributed by atoms with Gasteiger partial charge in [-0.05, 0) is 98.4 Å². The van der Waals surface area contributed by atoms with Gasteiger partial charge in [0, 0.05) is 34.5 Å². The average molecular weight is 695 g/mol. The van der Waals surface area contributed by atoms with Gasteiger partial charge in [-0.1, -0.05) is 45.4 Å². The van der Waals surface area contributed by atoms with Crippen LogP contribution in [-0.4, -0.2) is 45.7 Å². The van der Waals surface area contributed by atoms with E-state index in [0.717, 1.165) is 88.6 Å². The van der Waals surface area contributed by atoms with E-state index < -0.39 is 0 Å². The van der Waals surface area contributed by atoms with Gasteiger partial charge in [-0.25, -0.2) is 9.48 Å². The third-order valence-corrected chi connectivity index (χ3v) is 11.1. The third kappa shape index (κ3) is 7.01. The second-order valence-electron chi connectivity index (χ2n) is 14.7. The average Bonchev–Trinajstić information content (AvgIpc) is 3.49. The molecule has 262 valence electrons. The Kier molecular flexibility index (Phi) is 9.19. The van der Waals surface area contributed by atoms with E-state index in [0.29, 0.717) is 24.7 Å². The number of aryl methyl sites for hydroxylation is 1. The highest BCUT2D eigenvalue weighted by Crippen LogP contribution is 2.40. The highest BCUT2D eigenvalue weighted by atomic mass is 32.1. The van der Waals surface area contributed by atoms with E-state index in [1.54, 1.807) is 16.0 Å². The summed E-state index contributed by atoms with van der Waals surface area (Å²) in [5.74, 6) is 1.49. The van der Waals surface area contributed by atoms with Crippen LogP contribution in [-0.2, 0) is 47.2 Å². The molecule has 0 bridgehead atoms. The van der Waals surface area contributed by atoms with Crippen molar-refractivity contribution in [2.75, 3.05) is 29.1 Å². The number of amides is 4. The number of carbonyl (C=O) groups excluding carboxylic acids is 3. The zero-order chi connectivity index (χ0) is 35.2. The van der Waals surface area contributed by atoms with Gasteiger partial charge in [-0.15, -0.1) is 11.3 Å². The van der Waals surface area contributed by atoms with Gasteiger partial charge in [-0.3, -0.25) is 14.9 Å². The number of hydrogen-bond donors (Lipinski definition) is 3. The van der Waals surface area contributed by atoms with Crippen molar-refractivity contribution in [3.63, 3.8) is 0 Å². The number of nitrogens with one attached hydrogen (secondary N) is 3. The maximum atomic E-state index is 13.4. The summed E-state index contributed by atoms with van der Waals surface area (Å²) in [6, 6.07) is 13.3. The molecule has 7 rings (SSSR count). The molecular weight excluding hydrogens is 649 g/mol. The van der Waals surface area contributed by atoms with Crippen LogP contribution in [0.4, 0.5) is 21.3 Å². The molecule has 1 saturated carbocycles. The first-order valence-corrected chi connectivity index (χ1v) is 18.5. The standard InChI is InChI=1S/C39H46N6O4S/c1-6-26-29-18-19-44(21-32(29)50-37(26)42-36(47)24-12-13-24)35(46)22-49-31-17-16-30(27-8-7-9-28(27)31)40-38(48)41-34-20-33(39(3,4)5)43-45(34)25-14-10-23(2)11-15-25/h10-11,14-17,20,24H,6-9,12-13,18-19,21-22H2,1-5H3,(H,42,47)(H2,40,41,48). The van der Waals surface area contributed by atoms with E-state index in [4.69, 9.17) is 9.84 Å². The first-order chi connectivity index (χ1) is 24.0. The third-order valence-electron chi connectivity index (χ3n) is 9.90. The highest BCUT2D eigenvalue weighted by molar-refractivity contribution is 7.16. The van der Waals surface area contributed by atoms with Crippen LogP contribution in [0.15, 0.2) is 42.5 Å². The topological polar surface area (TPSA) is 118 Å². The number of ether oxygens (including phenoxy) is 1. The molecule has 0 radical (unpaired) electrons. The Hall–Kier alpha value is -4.64. The normalized spacial score (nSPS) is 15.3. The van der Waals surface area contributed by atoms with E-state index in [2.05, 4.69) is 43.6 Å². The lowest BCUT2D eigenvalue weighted by Crippen LogP contribution is -2.38.